The number of halogens is 1. The highest BCUT2D eigenvalue weighted by molar-refractivity contribution is 5.94. The lowest BCUT2D eigenvalue weighted by Crippen LogP contribution is -2.39. The van der Waals surface area contributed by atoms with Crippen LogP contribution in [0.15, 0.2) is 36.9 Å². The lowest BCUT2D eigenvalue weighted by Gasteiger charge is -2.28. The largest absolute Gasteiger partial charge is 0.332 e. The summed E-state index contributed by atoms with van der Waals surface area (Å²) in [6.07, 6.45) is 6.00. The Morgan fingerprint density at radius 1 is 1.39 bits per heavy atom. The third kappa shape index (κ3) is 2.61. The van der Waals surface area contributed by atoms with E-state index in [0.29, 0.717) is 6.54 Å². The van der Waals surface area contributed by atoms with Gasteiger partial charge < -0.3 is 4.90 Å². The highest BCUT2D eigenvalue weighted by Gasteiger charge is 2.27. The highest BCUT2D eigenvalue weighted by atomic mass is 19.1. The fourth-order valence-electron chi connectivity index (χ4n) is 2.54. The lowest BCUT2D eigenvalue weighted by molar-refractivity contribution is 0.0702. The Hall–Kier alpha value is -1.64. The summed E-state index contributed by atoms with van der Waals surface area (Å²) in [4.78, 5) is 14.1. The number of carbonyl (C=O) groups is 1. The molecule has 96 valence electrons. The third-order valence-electron chi connectivity index (χ3n) is 3.46. The van der Waals surface area contributed by atoms with Crippen LogP contribution in [0.2, 0.25) is 0 Å². The Morgan fingerprint density at radius 2 is 2.06 bits per heavy atom. The topological polar surface area (TPSA) is 20.3 Å². The van der Waals surface area contributed by atoms with Crippen LogP contribution in [0.3, 0.4) is 0 Å². The van der Waals surface area contributed by atoms with Crippen LogP contribution in [0.1, 0.15) is 36.0 Å². The minimum absolute atomic E-state index is 0.159. The van der Waals surface area contributed by atoms with E-state index in [2.05, 4.69) is 6.58 Å². The van der Waals surface area contributed by atoms with Gasteiger partial charge in [-0.2, -0.15) is 0 Å². The maximum Gasteiger partial charge on any atom is 0.257 e. The standard InChI is InChI=1S/C15H18FNO/c1-2-11-17(12-7-3-4-8-12)15(18)13-9-5-6-10-14(13)16/h2,5-6,9-10,12H,1,3-4,7-8,11H2. The van der Waals surface area contributed by atoms with Gasteiger partial charge in [-0.1, -0.05) is 31.1 Å². The molecule has 0 aliphatic heterocycles. The first kappa shape index (κ1) is 12.8. The molecule has 0 unspecified atom stereocenters. The van der Waals surface area contributed by atoms with Crippen LogP contribution in [-0.2, 0) is 0 Å². The minimum Gasteiger partial charge on any atom is -0.332 e. The molecule has 0 spiro atoms. The van der Waals surface area contributed by atoms with Gasteiger partial charge >= 0.3 is 0 Å². The van der Waals surface area contributed by atoms with Gasteiger partial charge in [-0.05, 0) is 25.0 Å². The van der Waals surface area contributed by atoms with E-state index in [9.17, 15) is 9.18 Å². The molecule has 1 aromatic rings. The summed E-state index contributed by atoms with van der Waals surface area (Å²) in [6.45, 7) is 4.17. The third-order valence-corrected chi connectivity index (χ3v) is 3.46. The molecule has 1 aromatic carbocycles. The van der Waals surface area contributed by atoms with Crippen LogP contribution in [0, 0.1) is 5.82 Å². The van der Waals surface area contributed by atoms with E-state index in [1.54, 1.807) is 29.2 Å². The predicted octanol–water partition coefficient (Wildman–Crippen LogP) is 3.40. The average molecular weight is 247 g/mol. The number of carbonyl (C=O) groups excluding carboxylic acids is 1. The molecule has 0 bridgehead atoms. The van der Waals surface area contributed by atoms with Crippen LogP contribution in [0.25, 0.3) is 0 Å². The SMILES string of the molecule is C=CCN(C(=O)c1ccccc1F)C1CCCC1. The molecule has 1 amide bonds. The van der Waals surface area contributed by atoms with Crippen molar-refractivity contribution in [1.82, 2.24) is 4.90 Å². The summed E-state index contributed by atoms with van der Waals surface area (Å²) < 4.78 is 13.7. The first-order valence-electron chi connectivity index (χ1n) is 6.40. The Bertz CT molecular complexity index is 438. The monoisotopic (exact) mass is 247 g/mol. The van der Waals surface area contributed by atoms with E-state index in [0.717, 1.165) is 25.7 Å². The van der Waals surface area contributed by atoms with E-state index < -0.39 is 5.82 Å². The van der Waals surface area contributed by atoms with Crippen molar-refractivity contribution in [1.29, 1.82) is 0 Å². The minimum atomic E-state index is -0.449. The van der Waals surface area contributed by atoms with Gasteiger partial charge in [0.05, 0.1) is 5.56 Å². The molecule has 0 N–H and O–H groups in total. The molecule has 1 aliphatic rings. The van der Waals surface area contributed by atoms with Crippen LogP contribution in [-0.4, -0.2) is 23.4 Å². The highest BCUT2D eigenvalue weighted by Crippen LogP contribution is 2.25. The van der Waals surface area contributed by atoms with Gasteiger partial charge in [0, 0.05) is 12.6 Å². The number of amides is 1. The van der Waals surface area contributed by atoms with Gasteiger partial charge in [-0.15, -0.1) is 6.58 Å². The molecular weight excluding hydrogens is 229 g/mol. The van der Waals surface area contributed by atoms with Gasteiger partial charge in [0.1, 0.15) is 5.82 Å². The van der Waals surface area contributed by atoms with E-state index in [4.69, 9.17) is 0 Å². The summed E-state index contributed by atoms with van der Waals surface area (Å²) in [7, 11) is 0. The second kappa shape index (κ2) is 5.80. The fraction of sp³-hybridized carbons (Fsp3) is 0.400. The molecule has 0 atom stereocenters. The zero-order valence-corrected chi connectivity index (χ0v) is 10.4. The maximum atomic E-state index is 13.7. The van der Waals surface area contributed by atoms with Crippen molar-refractivity contribution in [3.05, 3.63) is 48.3 Å². The second-order valence-electron chi connectivity index (χ2n) is 4.66. The molecule has 0 aromatic heterocycles. The molecule has 0 saturated heterocycles. The van der Waals surface area contributed by atoms with Gasteiger partial charge in [0.15, 0.2) is 0 Å². The van der Waals surface area contributed by atoms with E-state index in [1.165, 1.54) is 6.07 Å². The Balaban J connectivity index is 2.22. The van der Waals surface area contributed by atoms with Crippen molar-refractivity contribution in [2.45, 2.75) is 31.7 Å². The smallest absolute Gasteiger partial charge is 0.257 e. The molecule has 1 fully saturated rings. The molecule has 0 radical (unpaired) electrons. The zero-order chi connectivity index (χ0) is 13.0. The lowest BCUT2D eigenvalue weighted by atomic mass is 10.1. The Kier molecular flexibility index (Phi) is 4.13. The van der Waals surface area contributed by atoms with Crippen LogP contribution >= 0.6 is 0 Å². The van der Waals surface area contributed by atoms with E-state index in [-0.39, 0.29) is 17.5 Å². The summed E-state index contributed by atoms with van der Waals surface area (Å²) in [5.41, 5.74) is 0.159. The first-order chi connectivity index (χ1) is 8.74. The maximum absolute atomic E-state index is 13.7. The van der Waals surface area contributed by atoms with Gasteiger partial charge in [-0.25, -0.2) is 4.39 Å². The van der Waals surface area contributed by atoms with Crippen molar-refractivity contribution in [3.63, 3.8) is 0 Å². The number of hydrogen-bond donors (Lipinski definition) is 0. The van der Waals surface area contributed by atoms with Crippen LogP contribution in [0.4, 0.5) is 4.39 Å². The van der Waals surface area contributed by atoms with Crippen LogP contribution < -0.4 is 0 Å². The van der Waals surface area contributed by atoms with Gasteiger partial charge in [-0.3, -0.25) is 4.79 Å². The molecular formula is C15H18FNO. The van der Waals surface area contributed by atoms with Gasteiger partial charge in [0.2, 0.25) is 0 Å². The summed E-state index contributed by atoms with van der Waals surface area (Å²) in [5.74, 6) is -0.672. The molecule has 18 heavy (non-hydrogen) atoms. The first-order valence-corrected chi connectivity index (χ1v) is 6.40. The fourth-order valence-corrected chi connectivity index (χ4v) is 2.54. The van der Waals surface area contributed by atoms with Crippen molar-refractivity contribution in [2.24, 2.45) is 0 Å². The molecule has 1 aliphatic carbocycles. The van der Waals surface area contributed by atoms with E-state index >= 15 is 0 Å². The number of rotatable bonds is 4. The zero-order valence-electron chi connectivity index (χ0n) is 10.4. The van der Waals surface area contributed by atoms with Crippen molar-refractivity contribution in [3.8, 4) is 0 Å². The van der Waals surface area contributed by atoms with Crippen molar-refractivity contribution in [2.75, 3.05) is 6.54 Å². The molecule has 2 rings (SSSR count). The number of benzene rings is 1. The average Bonchev–Trinajstić information content (AvgIpc) is 2.89. The Morgan fingerprint density at radius 3 is 2.67 bits per heavy atom. The van der Waals surface area contributed by atoms with Crippen molar-refractivity contribution >= 4 is 5.91 Å². The summed E-state index contributed by atoms with van der Waals surface area (Å²) in [5, 5.41) is 0. The quantitative estimate of drug-likeness (QED) is 0.747. The number of nitrogens with zero attached hydrogens (tertiary/aromatic N) is 1. The Labute approximate surface area is 107 Å². The molecule has 0 heterocycles. The predicted molar refractivity (Wildman–Crippen MR) is 69.9 cm³/mol. The molecule has 3 heteroatoms. The molecule has 2 nitrogen and oxygen atoms in total. The normalized spacial score (nSPS) is 15.6. The van der Waals surface area contributed by atoms with Crippen LogP contribution in [0.5, 0.6) is 0 Å². The van der Waals surface area contributed by atoms with E-state index in [1.807, 2.05) is 0 Å². The van der Waals surface area contributed by atoms with Crippen molar-refractivity contribution < 1.29 is 9.18 Å². The molecule has 1 saturated carbocycles. The summed E-state index contributed by atoms with van der Waals surface area (Å²) in [6, 6.07) is 6.39. The van der Waals surface area contributed by atoms with Gasteiger partial charge in [0.25, 0.3) is 5.91 Å². The number of hydrogen-bond acceptors (Lipinski definition) is 1. The summed E-state index contributed by atoms with van der Waals surface area (Å²) >= 11 is 0. The second-order valence-corrected chi connectivity index (χ2v) is 4.66.